The molecule has 0 bridgehead atoms. The number of benzene rings is 2. The first-order valence-electron chi connectivity index (χ1n) is 7.82. The average molecular weight is 393 g/mol. The van der Waals surface area contributed by atoms with Crippen LogP contribution in [0, 0.1) is 17.0 Å². The van der Waals surface area contributed by atoms with Crippen molar-refractivity contribution >= 4 is 35.2 Å². The smallest absolute Gasteiger partial charge is 0.270 e. The number of non-ortho nitro benzene ring substituents is 1. The van der Waals surface area contributed by atoms with Gasteiger partial charge in [0.25, 0.3) is 11.6 Å². The van der Waals surface area contributed by atoms with E-state index in [-0.39, 0.29) is 17.0 Å². The molecule has 0 aliphatic carbocycles. The minimum atomic E-state index is -0.981. The van der Waals surface area contributed by atoms with Gasteiger partial charge in [0.05, 0.1) is 23.3 Å². The standard InChI is InChI=1S/C18H17ClN2O6/c1-10-6-15(17(26-3)8-14(10)19)20-18(23)11(2)27-16-5-4-13(21(24)25)7-12(16)9-22/h4-9,11H,1-3H3,(H,20,23)/t11-/m1/s1. The van der Waals surface area contributed by atoms with E-state index in [4.69, 9.17) is 21.1 Å². The Hall–Kier alpha value is -3.13. The van der Waals surface area contributed by atoms with Crippen molar-refractivity contribution in [2.45, 2.75) is 20.0 Å². The molecule has 0 saturated heterocycles. The molecule has 0 radical (unpaired) electrons. The molecule has 2 rings (SSSR count). The molecule has 0 saturated carbocycles. The number of nitro benzene ring substituents is 1. The fourth-order valence-corrected chi connectivity index (χ4v) is 2.41. The predicted molar refractivity (Wildman–Crippen MR) is 99.9 cm³/mol. The van der Waals surface area contributed by atoms with Gasteiger partial charge in [-0.05, 0) is 31.5 Å². The van der Waals surface area contributed by atoms with Crippen LogP contribution in [0.1, 0.15) is 22.8 Å². The number of carbonyl (C=O) groups is 2. The first-order chi connectivity index (χ1) is 12.8. The van der Waals surface area contributed by atoms with Crippen molar-refractivity contribution < 1.29 is 24.0 Å². The van der Waals surface area contributed by atoms with Crippen LogP contribution in [0.2, 0.25) is 5.02 Å². The molecule has 27 heavy (non-hydrogen) atoms. The summed E-state index contributed by atoms with van der Waals surface area (Å²) in [6.07, 6.45) is -0.552. The van der Waals surface area contributed by atoms with Gasteiger partial charge in [-0.2, -0.15) is 0 Å². The van der Waals surface area contributed by atoms with Crippen LogP contribution in [0.3, 0.4) is 0 Å². The van der Waals surface area contributed by atoms with Crippen molar-refractivity contribution in [3.8, 4) is 11.5 Å². The number of aldehydes is 1. The molecule has 0 aliphatic rings. The number of amides is 1. The van der Waals surface area contributed by atoms with Crippen molar-refractivity contribution in [2.24, 2.45) is 0 Å². The van der Waals surface area contributed by atoms with Gasteiger partial charge in [0, 0.05) is 23.2 Å². The second kappa shape index (κ2) is 8.50. The van der Waals surface area contributed by atoms with Crippen molar-refractivity contribution in [3.05, 3.63) is 56.6 Å². The molecule has 2 aromatic carbocycles. The molecule has 2 aromatic rings. The van der Waals surface area contributed by atoms with Crippen LogP contribution in [0.5, 0.6) is 11.5 Å². The van der Waals surface area contributed by atoms with E-state index < -0.39 is 16.9 Å². The highest BCUT2D eigenvalue weighted by molar-refractivity contribution is 6.31. The number of carbonyl (C=O) groups excluding carboxylic acids is 2. The second-order valence-electron chi connectivity index (χ2n) is 5.65. The molecule has 0 aromatic heterocycles. The Kier molecular flexibility index (Phi) is 6.36. The summed E-state index contributed by atoms with van der Waals surface area (Å²) in [5, 5.41) is 14.0. The highest BCUT2D eigenvalue weighted by Crippen LogP contribution is 2.31. The summed E-state index contributed by atoms with van der Waals surface area (Å²) in [5.74, 6) is -0.0437. The van der Waals surface area contributed by atoms with Crippen LogP contribution in [0.25, 0.3) is 0 Å². The third kappa shape index (κ3) is 4.73. The fourth-order valence-electron chi connectivity index (χ4n) is 2.26. The first kappa shape index (κ1) is 20.2. The molecule has 0 fully saturated rings. The zero-order chi connectivity index (χ0) is 20.1. The molecule has 0 aliphatic heterocycles. The van der Waals surface area contributed by atoms with E-state index in [9.17, 15) is 19.7 Å². The SMILES string of the molecule is COc1cc(Cl)c(C)cc1NC(=O)[C@@H](C)Oc1ccc([N+](=O)[O-])cc1C=O. The Morgan fingerprint density at radius 2 is 2.00 bits per heavy atom. The number of halogens is 1. The first-order valence-corrected chi connectivity index (χ1v) is 8.20. The molecule has 142 valence electrons. The minimum Gasteiger partial charge on any atom is -0.495 e. The molecule has 9 heteroatoms. The van der Waals surface area contributed by atoms with Gasteiger partial charge in [0.1, 0.15) is 11.5 Å². The number of hydrogen-bond donors (Lipinski definition) is 1. The molecule has 0 unspecified atom stereocenters. The van der Waals surface area contributed by atoms with Gasteiger partial charge in [0.15, 0.2) is 12.4 Å². The van der Waals surface area contributed by atoms with E-state index in [1.54, 1.807) is 19.1 Å². The summed E-state index contributed by atoms with van der Waals surface area (Å²) in [5.41, 5.74) is 0.894. The topological polar surface area (TPSA) is 108 Å². The number of aryl methyl sites for hydroxylation is 1. The minimum absolute atomic E-state index is 0.0243. The molecule has 8 nitrogen and oxygen atoms in total. The lowest BCUT2D eigenvalue weighted by Crippen LogP contribution is -2.30. The maximum Gasteiger partial charge on any atom is 0.270 e. The van der Waals surface area contributed by atoms with E-state index in [0.717, 1.165) is 11.6 Å². The monoisotopic (exact) mass is 392 g/mol. The number of hydrogen-bond acceptors (Lipinski definition) is 6. The maximum absolute atomic E-state index is 12.4. The highest BCUT2D eigenvalue weighted by Gasteiger charge is 2.20. The average Bonchev–Trinajstić information content (AvgIpc) is 2.64. The third-order valence-electron chi connectivity index (χ3n) is 3.74. The van der Waals surface area contributed by atoms with Crippen LogP contribution in [-0.4, -0.2) is 30.3 Å². The zero-order valence-corrected chi connectivity index (χ0v) is 15.6. The maximum atomic E-state index is 12.4. The summed E-state index contributed by atoms with van der Waals surface area (Å²) in [4.78, 5) is 33.8. The quantitative estimate of drug-likeness (QED) is 0.436. The summed E-state index contributed by atoms with van der Waals surface area (Å²) < 4.78 is 10.7. The molecular formula is C18H17ClN2O6. The number of ether oxygens (including phenoxy) is 2. The van der Waals surface area contributed by atoms with E-state index >= 15 is 0 Å². The van der Waals surface area contributed by atoms with Crippen LogP contribution in [0.4, 0.5) is 11.4 Å². The fraction of sp³-hybridized carbons (Fsp3) is 0.222. The second-order valence-corrected chi connectivity index (χ2v) is 6.06. The van der Waals surface area contributed by atoms with Gasteiger partial charge in [0.2, 0.25) is 0 Å². The summed E-state index contributed by atoms with van der Waals surface area (Å²) in [6.45, 7) is 3.27. The number of methoxy groups -OCH3 is 1. The van der Waals surface area contributed by atoms with Gasteiger partial charge in [-0.3, -0.25) is 19.7 Å². The molecule has 0 heterocycles. The Morgan fingerprint density at radius 3 is 2.59 bits per heavy atom. The summed E-state index contributed by atoms with van der Waals surface area (Å²) in [6, 6.07) is 6.79. The van der Waals surface area contributed by atoms with E-state index in [2.05, 4.69) is 5.32 Å². The van der Waals surface area contributed by atoms with Crippen LogP contribution < -0.4 is 14.8 Å². The van der Waals surface area contributed by atoms with E-state index in [0.29, 0.717) is 22.7 Å². The molecular weight excluding hydrogens is 376 g/mol. The lowest BCUT2D eigenvalue weighted by atomic mass is 10.2. The normalized spacial score (nSPS) is 11.4. The predicted octanol–water partition coefficient (Wildman–Crippen LogP) is 3.78. The number of nitrogens with one attached hydrogen (secondary N) is 1. The number of nitrogens with zero attached hydrogens (tertiary/aromatic N) is 1. The van der Waals surface area contributed by atoms with Crippen molar-refractivity contribution in [1.29, 1.82) is 0 Å². The number of anilines is 1. The van der Waals surface area contributed by atoms with Crippen LogP contribution >= 0.6 is 11.6 Å². The van der Waals surface area contributed by atoms with Gasteiger partial charge >= 0.3 is 0 Å². The van der Waals surface area contributed by atoms with Gasteiger partial charge < -0.3 is 14.8 Å². The van der Waals surface area contributed by atoms with Crippen LogP contribution in [-0.2, 0) is 4.79 Å². The van der Waals surface area contributed by atoms with Gasteiger partial charge in [-0.25, -0.2) is 0 Å². The third-order valence-corrected chi connectivity index (χ3v) is 4.15. The van der Waals surface area contributed by atoms with E-state index in [1.807, 2.05) is 0 Å². The Balaban J connectivity index is 2.18. The number of nitro groups is 1. The van der Waals surface area contributed by atoms with Crippen molar-refractivity contribution in [3.63, 3.8) is 0 Å². The lowest BCUT2D eigenvalue weighted by molar-refractivity contribution is -0.384. The molecule has 1 N–H and O–H groups in total. The molecule has 1 amide bonds. The van der Waals surface area contributed by atoms with Crippen molar-refractivity contribution in [2.75, 3.05) is 12.4 Å². The largest absolute Gasteiger partial charge is 0.495 e. The van der Waals surface area contributed by atoms with E-state index in [1.165, 1.54) is 26.2 Å². The Bertz CT molecular complexity index is 900. The Labute approximate surface area is 160 Å². The lowest BCUT2D eigenvalue weighted by Gasteiger charge is -2.17. The highest BCUT2D eigenvalue weighted by atomic mass is 35.5. The zero-order valence-electron chi connectivity index (χ0n) is 14.8. The number of rotatable bonds is 7. The molecule has 1 atom stereocenters. The van der Waals surface area contributed by atoms with Crippen LogP contribution in [0.15, 0.2) is 30.3 Å². The summed E-state index contributed by atoms with van der Waals surface area (Å²) in [7, 11) is 1.45. The van der Waals surface area contributed by atoms with Gasteiger partial charge in [-0.15, -0.1) is 0 Å². The summed E-state index contributed by atoms with van der Waals surface area (Å²) >= 11 is 6.04. The van der Waals surface area contributed by atoms with Crippen molar-refractivity contribution in [1.82, 2.24) is 0 Å². The molecule has 0 spiro atoms. The Morgan fingerprint density at radius 1 is 1.30 bits per heavy atom. The van der Waals surface area contributed by atoms with Gasteiger partial charge in [-0.1, -0.05) is 11.6 Å².